The lowest BCUT2D eigenvalue weighted by Crippen LogP contribution is -2.35. The summed E-state index contributed by atoms with van der Waals surface area (Å²) in [6.45, 7) is 5.96. The number of amides is 1. The molecule has 0 bridgehead atoms. The maximum absolute atomic E-state index is 11.8. The van der Waals surface area contributed by atoms with Gasteiger partial charge in [-0.05, 0) is 30.5 Å². The Labute approximate surface area is 114 Å². The lowest BCUT2D eigenvalue weighted by molar-refractivity contribution is -0.122. The minimum atomic E-state index is -0.100. The van der Waals surface area contributed by atoms with Crippen molar-refractivity contribution in [2.45, 2.75) is 39.3 Å². The molecule has 3 N–H and O–H groups in total. The highest BCUT2D eigenvalue weighted by atomic mass is 35.5. The van der Waals surface area contributed by atoms with E-state index in [-0.39, 0.29) is 18.0 Å². The summed E-state index contributed by atoms with van der Waals surface area (Å²) < 4.78 is 0. The summed E-state index contributed by atoms with van der Waals surface area (Å²) in [5, 5.41) is 3.61. The van der Waals surface area contributed by atoms with E-state index in [2.05, 4.69) is 5.32 Å². The van der Waals surface area contributed by atoms with E-state index in [9.17, 15) is 4.79 Å². The van der Waals surface area contributed by atoms with Crippen molar-refractivity contribution in [1.29, 1.82) is 0 Å². The van der Waals surface area contributed by atoms with Crippen molar-refractivity contribution in [3.8, 4) is 0 Å². The minimum absolute atomic E-state index is 0.0244. The average Bonchev–Trinajstić information content (AvgIpc) is 2.28. The third kappa shape index (κ3) is 4.67. The van der Waals surface area contributed by atoms with Crippen molar-refractivity contribution in [3.05, 3.63) is 34.9 Å². The fourth-order valence-electron chi connectivity index (χ4n) is 1.61. The molecule has 0 aliphatic rings. The van der Waals surface area contributed by atoms with Crippen molar-refractivity contribution in [1.82, 2.24) is 5.32 Å². The number of nitrogens with one attached hydrogen (secondary N) is 1. The standard InChI is InChI=1S/C14H21ClN2O/c1-9(2)13(16)8-14(18)17-10(3)11-5-4-6-12(15)7-11/h4-7,9-10,13H,8,16H2,1-3H3,(H,17,18). The van der Waals surface area contributed by atoms with Gasteiger partial charge in [-0.25, -0.2) is 0 Å². The lowest BCUT2D eigenvalue weighted by Gasteiger charge is -2.18. The first-order valence-corrected chi connectivity index (χ1v) is 6.58. The molecule has 100 valence electrons. The molecular weight excluding hydrogens is 248 g/mol. The van der Waals surface area contributed by atoms with Crippen LogP contribution in [0.15, 0.2) is 24.3 Å². The van der Waals surface area contributed by atoms with Crippen LogP contribution in [-0.2, 0) is 4.79 Å². The van der Waals surface area contributed by atoms with E-state index in [0.29, 0.717) is 17.4 Å². The molecule has 2 atom stereocenters. The summed E-state index contributed by atoms with van der Waals surface area (Å²) in [4.78, 5) is 11.8. The van der Waals surface area contributed by atoms with Crippen LogP contribution in [0.2, 0.25) is 5.02 Å². The molecule has 0 saturated heterocycles. The Morgan fingerprint density at radius 1 is 1.39 bits per heavy atom. The highest BCUT2D eigenvalue weighted by Crippen LogP contribution is 2.17. The van der Waals surface area contributed by atoms with Crippen molar-refractivity contribution >= 4 is 17.5 Å². The molecule has 2 unspecified atom stereocenters. The maximum Gasteiger partial charge on any atom is 0.222 e. The zero-order valence-corrected chi connectivity index (χ0v) is 11.9. The van der Waals surface area contributed by atoms with Crippen LogP contribution < -0.4 is 11.1 Å². The topological polar surface area (TPSA) is 55.1 Å². The predicted molar refractivity (Wildman–Crippen MR) is 75.4 cm³/mol. The monoisotopic (exact) mass is 268 g/mol. The first kappa shape index (κ1) is 15.0. The second kappa shape index (κ2) is 6.76. The Balaban J connectivity index is 2.54. The Morgan fingerprint density at radius 3 is 2.61 bits per heavy atom. The average molecular weight is 269 g/mol. The van der Waals surface area contributed by atoms with Crippen LogP contribution >= 0.6 is 11.6 Å². The number of carbonyl (C=O) groups excluding carboxylic acids is 1. The van der Waals surface area contributed by atoms with E-state index in [1.54, 1.807) is 0 Å². The zero-order valence-electron chi connectivity index (χ0n) is 11.1. The van der Waals surface area contributed by atoms with Crippen LogP contribution in [0.5, 0.6) is 0 Å². The van der Waals surface area contributed by atoms with E-state index >= 15 is 0 Å². The fraction of sp³-hybridized carbons (Fsp3) is 0.500. The number of hydrogen-bond donors (Lipinski definition) is 2. The molecule has 0 fully saturated rings. The van der Waals surface area contributed by atoms with Gasteiger partial charge in [-0.1, -0.05) is 37.6 Å². The van der Waals surface area contributed by atoms with Gasteiger partial charge in [-0.2, -0.15) is 0 Å². The smallest absolute Gasteiger partial charge is 0.222 e. The van der Waals surface area contributed by atoms with Gasteiger partial charge in [-0.3, -0.25) is 4.79 Å². The normalized spacial score (nSPS) is 14.3. The second-order valence-electron chi connectivity index (χ2n) is 4.96. The zero-order chi connectivity index (χ0) is 13.7. The van der Waals surface area contributed by atoms with Crippen LogP contribution in [0.1, 0.15) is 38.8 Å². The molecule has 0 radical (unpaired) electrons. The quantitative estimate of drug-likeness (QED) is 0.863. The number of hydrogen-bond acceptors (Lipinski definition) is 2. The van der Waals surface area contributed by atoms with Crippen LogP contribution in [-0.4, -0.2) is 11.9 Å². The Morgan fingerprint density at radius 2 is 2.06 bits per heavy atom. The molecule has 0 aliphatic heterocycles. The van der Waals surface area contributed by atoms with Gasteiger partial charge in [0.1, 0.15) is 0 Å². The molecule has 1 aromatic carbocycles. The molecular formula is C14H21ClN2O. The van der Waals surface area contributed by atoms with Crippen LogP contribution in [0, 0.1) is 5.92 Å². The largest absolute Gasteiger partial charge is 0.350 e. The Bertz CT molecular complexity index is 407. The van der Waals surface area contributed by atoms with E-state index in [1.807, 2.05) is 45.0 Å². The Hall–Kier alpha value is -1.06. The fourth-order valence-corrected chi connectivity index (χ4v) is 1.81. The molecule has 0 spiro atoms. The molecule has 1 aromatic rings. The summed E-state index contributed by atoms with van der Waals surface area (Å²) in [5.74, 6) is 0.279. The number of nitrogens with two attached hydrogens (primary N) is 1. The van der Waals surface area contributed by atoms with Gasteiger partial charge >= 0.3 is 0 Å². The van der Waals surface area contributed by atoms with Gasteiger partial charge < -0.3 is 11.1 Å². The third-order valence-corrected chi connectivity index (χ3v) is 3.24. The van der Waals surface area contributed by atoms with Gasteiger partial charge in [0.2, 0.25) is 5.91 Å². The van der Waals surface area contributed by atoms with Crippen molar-refractivity contribution in [2.75, 3.05) is 0 Å². The molecule has 0 aliphatic carbocycles. The number of rotatable bonds is 5. The molecule has 0 saturated carbocycles. The molecule has 1 amide bonds. The van der Waals surface area contributed by atoms with E-state index in [4.69, 9.17) is 17.3 Å². The van der Waals surface area contributed by atoms with Crippen molar-refractivity contribution in [2.24, 2.45) is 11.7 Å². The number of halogens is 1. The molecule has 0 heterocycles. The lowest BCUT2D eigenvalue weighted by atomic mass is 10.0. The summed E-state index contributed by atoms with van der Waals surface area (Å²) in [5.41, 5.74) is 6.87. The van der Waals surface area contributed by atoms with Crippen molar-refractivity contribution in [3.63, 3.8) is 0 Å². The first-order chi connectivity index (χ1) is 8.40. The first-order valence-electron chi connectivity index (χ1n) is 6.20. The highest BCUT2D eigenvalue weighted by molar-refractivity contribution is 6.30. The maximum atomic E-state index is 11.8. The minimum Gasteiger partial charge on any atom is -0.350 e. The second-order valence-corrected chi connectivity index (χ2v) is 5.39. The van der Waals surface area contributed by atoms with Crippen LogP contribution in [0.25, 0.3) is 0 Å². The molecule has 4 heteroatoms. The van der Waals surface area contributed by atoms with Crippen molar-refractivity contribution < 1.29 is 4.79 Å². The Kier molecular flexibility index (Phi) is 5.63. The SMILES string of the molecule is CC(NC(=O)CC(N)C(C)C)c1cccc(Cl)c1. The number of carbonyl (C=O) groups is 1. The summed E-state index contributed by atoms with van der Waals surface area (Å²) in [6, 6.07) is 7.33. The number of benzene rings is 1. The summed E-state index contributed by atoms with van der Waals surface area (Å²) in [6.07, 6.45) is 0.350. The van der Waals surface area contributed by atoms with E-state index in [1.165, 1.54) is 0 Å². The van der Waals surface area contributed by atoms with E-state index < -0.39 is 0 Å². The van der Waals surface area contributed by atoms with Gasteiger partial charge in [0.15, 0.2) is 0 Å². The molecule has 0 aromatic heterocycles. The van der Waals surface area contributed by atoms with Crippen LogP contribution in [0.3, 0.4) is 0 Å². The molecule has 18 heavy (non-hydrogen) atoms. The van der Waals surface area contributed by atoms with Gasteiger partial charge in [0, 0.05) is 17.5 Å². The molecule has 3 nitrogen and oxygen atoms in total. The van der Waals surface area contributed by atoms with Gasteiger partial charge in [0.25, 0.3) is 0 Å². The van der Waals surface area contributed by atoms with E-state index in [0.717, 1.165) is 5.56 Å². The predicted octanol–water partition coefficient (Wildman–Crippen LogP) is 2.89. The highest BCUT2D eigenvalue weighted by Gasteiger charge is 2.15. The van der Waals surface area contributed by atoms with Gasteiger partial charge in [0.05, 0.1) is 6.04 Å². The summed E-state index contributed by atoms with van der Waals surface area (Å²) in [7, 11) is 0. The third-order valence-electron chi connectivity index (χ3n) is 3.00. The van der Waals surface area contributed by atoms with Gasteiger partial charge in [-0.15, -0.1) is 0 Å². The van der Waals surface area contributed by atoms with Crippen LogP contribution in [0.4, 0.5) is 0 Å². The summed E-state index contributed by atoms with van der Waals surface area (Å²) >= 11 is 5.92. The molecule has 1 rings (SSSR count).